The molecule has 0 unspecified atom stereocenters. The van der Waals surface area contributed by atoms with Gasteiger partial charge in [-0.05, 0) is 44.7 Å². The van der Waals surface area contributed by atoms with E-state index in [9.17, 15) is 8.42 Å². The second kappa shape index (κ2) is 6.85. The Morgan fingerprint density at radius 1 is 1.33 bits per heavy atom. The minimum absolute atomic E-state index is 0.213. The number of H-pyrrole nitrogens is 1. The van der Waals surface area contributed by atoms with Crippen LogP contribution >= 0.6 is 11.6 Å². The van der Waals surface area contributed by atoms with Gasteiger partial charge in [0.05, 0.1) is 11.1 Å². The van der Waals surface area contributed by atoms with Gasteiger partial charge in [-0.25, -0.2) is 23.1 Å². The third kappa shape index (κ3) is 3.65. The molecule has 7 nitrogen and oxygen atoms in total. The second-order valence-electron chi connectivity index (χ2n) is 6.35. The largest absolute Gasteiger partial charge is 0.356 e. The molecule has 132 valence electrons. The van der Waals surface area contributed by atoms with E-state index in [4.69, 9.17) is 11.6 Å². The average Bonchev–Trinajstić information content (AvgIpc) is 2.94. The molecule has 0 bridgehead atoms. The molecule has 1 saturated carbocycles. The van der Waals surface area contributed by atoms with Crippen LogP contribution in [0.2, 0.25) is 5.15 Å². The fourth-order valence-corrected chi connectivity index (χ4v) is 4.76. The topological polar surface area (TPSA) is 91.0 Å². The molecule has 0 aliphatic heterocycles. The lowest BCUT2D eigenvalue weighted by molar-refractivity contribution is 0.340. The Morgan fingerprint density at radius 3 is 2.71 bits per heavy atom. The zero-order chi connectivity index (χ0) is 17.3. The summed E-state index contributed by atoms with van der Waals surface area (Å²) in [5, 5.41) is 1.45. The van der Waals surface area contributed by atoms with E-state index in [0.29, 0.717) is 11.2 Å². The number of halogens is 1. The molecule has 0 saturated heterocycles. The van der Waals surface area contributed by atoms with Crippen molar-refractivity contribution in [2.45, 2.75) is 31.7 Å². The molecular formula is C15H22ClN5O2S. The molecule has 2 aromatic heterocycles. The molecule has 1 fully saturated rings. The Bertz CT molecular complexity index is 814. The van der Waals surface area contributed by atoms with Crippen molar-refractivity contribution < 1.29 is 8.42 Å². The number of rotatable bonds is 5. The molecule has 1 aliphatic rings. The lowest BCUT2D eigenvalue weighted by Gasteiger charge is -2.35. The number of hydrogen-bond donors (Lipinski definition) is 2. The maximum Gasteiger partial charge on any atom is 0.211 e. The molecule has 24 heavy (non-hydrogen) atoms. The van der Waals surface area contributed by atoms with E-state index in [1.54, 1.807) is 0 Å². The Kier molecular flexibility index (Phi) is 4.98. The van der Waals surface area contributed by atoms with Gasteiger partial charge >= 0.3 is 0 Å². The number of aromatic amines is 1. The van der Waals surface area contributed by atoms with Crippen molar-refractivity contribution >= 4 is 38.5 Å². The van der Waals surface area contributed by atoms with E-state index in [1.165, 1.54) is 13.4 Å². The quantitative estimate of drug-likeness (QED) is 0.840. The highest BCUT2D eigenvalue weighted by Gasteiger charge is 2.28. The van der Waals surface area contributed by atoms with Crippen LogP contribution in [0.4, 0.5) is 5.82 Å². The zero-order valence-electron chi connectivity index (χ0n) is 13.8. The second-order valence-corrected chi connectivity index (χ2v) is 8.73. The summed E-state index contributed by atoms with van der Waals surface area (Å²) in [7, 11) is 0.357. The molecule has 0 spiro atoms. The monoisotopic (exact) mass is 371 g/mol. The molecule has 2 heterocycles. The van der Waals surface area contributed by atoms with Crippen LogP contribution in [0.5, 0.6) is 0 Å². The smallest absolute Gasteiger partial charge is 0.211 e. The van der Waals surface area contributed by atoms with Gasteiger partial charge < -0.3 is 9.88 Å². The van der Waals surface area contributed by atoms with Crippen molar-refractivity contribution in [2.24, 2.45) is 5.92 Å². The van der Waals surface area contributed by atoms with Crippen molar-refractivity contribution in [1.29, 1.82) is 0 Å². The van der Waals surface area contributed by atoms with Gasteiger partial charge in [0.2, 0.25) is 10.0 Å². The molecule has 9 heteroatoms. The first-order valence-corrected chi connectivity index (χ1v) is 10.1. The van der Waals surface area contributed by atoms with Crippen molar-refractivity contribution in [2.75, 3.05) is 24.7 Å². The van der Waals surface area contributed by atoms with Gasteiger partial charge in [0.25, 0.3) is 0 Å². The minimum atomic E-state index is -3.14. The number of anilines is 1. The highest BCUT2D eigenvalue weighted by atomic mass is 35.5. The van der Waals surface area contributed by atoms with Crippen molar-refractivity contribution in [3.05, 3.63) is 17.5 Å². The number of fused-ring (bicyclic) bond motifs is 1. The van der Waals surface area contributed by atoms with Crippen molar-refractivity contribution in [1.82, 2.24) is 19.7 Å². The van der Waals surface area contributed by atoms with Crippen LogP contribution in [-0.2, 0) is 10.0 Å². The lowest BCUT2D eigenvalue weighted by Crippen LogP contribution is -2.37. The first-order chi connectivity index (χ1) is 11.4. The molecule has 0 atom stereocenters. The van der Waals surface area contributed by atoms with Crippen LogP contribution in [0.25, 0.3) is 11.0 Å². The van der Waals surface area contributed by atoms with Crippen molar-refractivity contribution in [3.63, 3.8) is 0 Å². The maximum absolute atomic E-state index is 11.7. The van der Waals surface area contributed by atoms with Gasteiger partial charge in [-0.2, -0.15) is 0 Å². The van der Waals surface area contributed by atoms with Crippen LogP contribution < -0.4 is 9.62 Å². The summed E-state index contributed by atoms with van der Waals surface area (Å²) in [6.45, 7) is 0. The fourth-order valence-electron chi connectivity index (χ4n) is 3.44. The fraction of sp³-hybridized carbons (Fsp3) is 0.600. The number of aromatic nitrogens is 3. The van der Waals surface area contributed by atoms with Crippen molar-refractivity contribution in [3.8, 4) is 0 Å². The maximum atomic E-state index is 11.7. The molecular weight excluding hydrogens is 350 g/mol. The van der Waals surface area contributed by atoms with Crippen LogP contribution in [0.15, 0.2) is 12.4 Å². The Balaban J connectivity index is 1.70. The summed E-state index contributed by atoms with van der Waals surface area (Å²) in [6, 6.07) is 2.18. The van der Waals surface area contributed by atoms with Gasteiger partial charge in [-0.3, -0.25) is 0 Å². The number of nitrogens with one attached hydrogen (secondary N) is 2. The van der Waals surface area contributed by atoms with E-state index < -0.39 is 10.0 Å². The predicted octanol–water partition coefficient (Wildman–Crippen LogP) is 2.16. The van der Waals surface area contributed by atoms with Gasteiger partial charge in [0, 0.05) is 13.1 Å². The molecule has 2 N–H and O–H groups in total. The third-order valence-corrected chi connectivity index (χ3v) is 6.57. The van der Waals surface area contributed by atoms with Crippen LogP contribution in [-0.4, -0.2) is 49.3 Å². The van der Waals surface area contributed by atoms with E-state index in [0.717, 1.165) is 42.5 Å². The molecule has 1 aliphatic carbocycles. The zero-order valence-corrected chi connectivity index (χ0v) is 15.4. The van der Waals surface area contributed by atoms with Gasteiger partial charge in [0.1, 0.15) is 22.9 Å². The van der Waals surface area contributed by atoms with Crippen LogP contribution in [0, 0.1) is 5.92 Å². The SMILES string of the molecule is CNS(=O)(=O)CC1CCC(N(C)c2ncnc3[nH]c(Cl)cc23)CC1. The van der Waals surface area contributed by atoms with E-state index >= 15 is 0 Å². The predicted molar refractivity (Wildman–Crippen MR) is 95.9 cm³/mol. The van der Waals surface area contributed by atoms with Crippen LogP contribution in [0.3, 0.4) is 0 Å². The van der Waals surface area contributed by atoms with E-state index in [2.05, 4.69) is 24.6 Å². The summed E-state index contributed by atoms with van der Waals surface area (Å²) in [5.41, 5.74) is 0.727. The molecule has 0 aromatic carbocycles. The van der Waals surface area contributed by atoms with Gasteiger partial charge in [-0.1, -0.05) is 11.6 Å². The Labute approximate surface area is 146 Å². The first kappa shape index (κ1) is 17.4. The highest BCUT2D eigenvalue weighted by Crippen LogP contribution is 2.32. The minimum Gasteiger partial charge on any atom is -0.356 e. The number of hydrogen-bond acceptors (Lipinski definition) is 5. The molecule has 0 radical (unpaired) electrons. The van der Waals surface area contributed by atoms with E-state index in [1.807, 2.05) is 13.1 Å². The normalized spacial score (nSPS) is 22.0. The Morgan fingerprint density at radius 2 is 2.04 bits per heavy atom. The molecule has 3 rings (SSSR count). The third-order valence-electron chi connectivity index (χ3n) is 4.84. The molecule has 0 amide bonds. The standard InChI is InChI=1S/C15H22ClN5O2S/c1-17-24(22,23)8-10-3-5-11(6-4-10)21(2)15-12-7-13(16)20-14(12)18-9-19-15/h7,9-11,17H,3-6,8H2,1-2H3,(H,18,19,20). The summed E-state index contributed by atoms with van der Waals surface area (Å²) in [4.78, 5) is 13.8. The summed E-state index contributed by atoms with van der Waals surface area (Å²) >= 11 is 6.04. The van der Waals surface area contributed by atoms with Crippen LogP contribution in [0.1, 0.15) is 25.7 Å². The Hall–Kier alpha value is -1.38. The summed E-state index contributed by atoms with van der Waals surface area (Å²) in [6.07, 6.45) is 5.23. The lowest BCUT2D eigenvalue weighted by atomic mass is 9.86. The highest BCUT2D eigenvalue weighted by molar-refractivity contribution is 7.89. The summed E-state index contributed by atoms with van der Waals surface area (Å²) < 4.78 is 25.8. The van der Waals surface area contributed by atoms with Gasteiger partial charge in [-0.15, -0.1) is 0 Å². The number of nitrogens with zero attached hydrogens (tertiary/aromatic N) is 3. The first-order valence-electron chi connectivity index (χ1n) is 8.03. The van der Waals surface area contributed by atoms with Gasteiger partial charge in [0.15, 0.2) is 0 Å². The average molecular weight is 372 g/mol. The van der Waals surface area contributed by atoms with E-state index in [-0.39, 0.29) is 11.7 Å². The molecule has 2 aromatic rings. The summed E-state index contributed by atoms with van der Waals surface area (Å²) in [5.74, 6) is 1.29. The number of sulfonamides is 1.